The first-order valence-electron chi connectivity index (χ1n) is 10.3. The van der Waals surface area contributed by atoms with E-state index in [1.807, 2.05) is 37.3 Å². The van der Waals surface area contributed by atoms with Crippen molar-refractivity contribution in [3.63, 3.8) is 0 Å². The highest BCUT2D eigenvalue weighted by Gasteiger charge is 2.09. The Balaban J connectivity index is 0.000000325. The van der Waals surface area contributed by atoms with Gasteiger partial charge in [-0.05, 0) is 52.4 Å². The highest BCUT2D eigenvalue weighted by atomic mass is 35.5. The average Bonchev–Trinajstić information content (AvgIpc) is 2.90. The first-order chi connectivity index (χ1) is 16.6. The maximum atomic E-state index is 12.7. The van der Waals surface area contributed by atoms with Gasteiger partial charge in [-0.25, -0.2) is 19.9 Å². The van der Waals surface area contributed by atoms with E-state index in [-0.39, 0.29) is 24.6 Å². The molecule has 0 amide bonds. The van der Waals surface area contributed by atoms with Gasteiger partial charge in [-0.2, -0.15) is 0 Å². The van der Waals surface area contributed by atoms with Crippen LogP contribution in [-0.4, -0.2) is 35.1 Å². The van der Waals surface area contributed by atoms with Crippen molar-refractivity contribution in [3.05, 3.63) is 107 Å². The molecule has 35 heavy (non-hydrogen) atoms. The molecule has 0 spiro atoms. The molecule has 3 heterocycles. The maximum Gasteiger partial charge on any atom is 0.314 e. The first kappa shape index (κ1) is 25.7. The smallest absolute Gasteiger partial charge is 0.314 e. The number of halogens is 2. The fourth-order valence-corrected chi connectivity index (χ4v) is 3.10. The minimum atomic E-state index is -0.375. The van der Waals surface area contributed by atoms with Gasteiger partial charge < -0.3 is 4.84 Å². The molecule has 0 aliphatic carbocycles. The van der Waals surface area contributed by atoms with Crippen LogP contribution in [-0.2, 0) is 12.5 Å². The number of aromatic nitrogens is 7. The minimum absolute atomic E-state index is 0. The first-order valence-corrected chi connectivity index (χ1v) is 10.9. The van der Waals surface area contributed by atoms with Crippen LogP contribution in [0, 0.1) is 6.92 Å². The number of benzene rings is 2. The minimum Gasteiger partial charge on any atom is -0.384 e. The van der Waals surface area contributed by atoms with Gasteiger partial charge in [0.1, 0.15) is 11.3 Å². The van der Waals surface area contributed by atoms with E-state index >= 15 is 0 Å². The van der Waals surface area contributed by atoms with Crippen molar-refractivity contribution in [1.82, 2.24) is 35.1 Å². The lowest BCUT2D eigenvalue weighted by molar-refractivity contribution is 0.0511. The molecule has 5 aromatic rings. The summed E-state index contributed by atoms with van der Waals surface area (Å²) in [7, 11) is 0. The Hall–Kier alpha value is -3.95. The Morgan fingerprint density at radius 1 is 0.857 bits per heavy atom. The molecule has 9 nitrogen and oxygen atoms in total. The predicted molar refractivity (Wildman–Crippen MR) is 135 cm³/mol. The van der Waals surface area contributed by atoms with Crippen molar-refractivity contribution in [1.29, 1.82) is 0 Å². The van der Waals surface area contributed by atoms with Crippen LogP contribution in [0.15, 0.2) is 84.2 Å². The SMILES string of the molecule is Cc1ccc(-c2ccc3nnn(OCc4ncccn4)c(=O)c3c2)cc1.Cl.ClCc1ncccn1. The summed E-state index contributed by atoms with van der Waals surface area (Å²) in [6.45, 7) is 2.06. The zero-order valence-electron chi connectivity index (χ0n) is 18.7. The second kappa shape index (κ2) is 12.5. The van der Waals surface area contributed by atoms with E-state index in [4.69, 9.17) is 16.4 Å². The summed E-state index contributed by atoms with van der Waals surface area (Å²) in [6, 6.07) is 17.1. The topological polar surface area (TPSA) is 109 Å². The normalized spacial score (nSPS) is 10.1. The second-order valence-electron chi connectivity index (χ2n) is 7.10. The number of fused-ring (bicyclic) bond motifs is 1. The molecule has 0 saturated heterocycles. The third-order valence-corrected chi connectivity index (χ3v) is 4.93. The molecule has 0 saturated carbocycles. The van der Waals surface area contributed by atoms with Gasteiger partial charge in [-0.1, -0.05) is 35.9 Å². The van der Waals surface area contributed by atoms with Gasteiger partial charge in [-0.15, -0.1) is 29.1 Å². The fraction of sp³-hybridized carbons (Fsp3) is 0.125. The van der Waals surface area contributed by atoms with Crippen LogP contribution in [0.3, 0.4) is 0 Å². The van der Waals surface area contributed by atoms with Crippen LogP contribution < -0.4 is 10.4 Å². The van der Waals surface area contributed by atoms with E-state index < -0.39 is 0 Å². The Morgan fingerprint density at radius 3 is 2.06 bits per heavy atom. The van der Waals surface area contributed by atoms with Gasteiger partial charge >= 0.3 is 5.56 Å². The summed E-state index contributed by atoms with van der Waals surface area (Å²) >= 11 is 5.40. The molecule has 0 bridgehead atoms. The molecule has 0 unspecified atom stereocenters. The van der Waals surface area contributed by atoms with Crippen LogP contribution in [0.4, 0.5) is 0 Å². The molecule has 11 heteroatoms. The number of hydrogen-bond acceptors (Lipinski definition) is 8. The van der Waals surface area contributed by atoms with Gasteiger partial charge in [0.05, 0.1) is 11.3 Å². The van der Waals surface area contributed by atoms with Crippen molar-refractivity contribution in [2.24, 2.45) is 0 Å². The monoisotopic (exact) mass is 509 g/mol. The van der Waals surface area contributed by atoms with E-state index in [1.54, 1.807) is 49.1 Å². The lowest BCUT2D eigenvalue weighted by atomic mass is 10.0. The van der Waals surface area contributed by atoms with Crippen molar-refractivity contribution in [2.75, 3.05) is 0 Å². The zero-order chi connectivity index (χ0) is 23.8. The van der Waals surface area contributed by atoms with Gasteiger partial charge in [0.25, 0.3) is 0 Å². The molecular weight excluding hydrogens is 489 g/mol. The summed E-state index contributed by atoms with van der Waals surface area (Å²) in [5.41, 5.74) is 3.28. The highest BCUT2D eigenvalue weighted by Crippen LogP contribution is 2.22. The molecule has 178 valence electrons. The van der Waals surface area contributed by atoms with Gasteiger partial charge in [-0.3, -0.25) is 4.79 Å². The Labute approximate surface area is 212 Å². The van der Waals surface area contributed by atoms with Gasteiger partial charge in [0.2, 0.25) is 0 Å². The molecule has 5 rings (SSSR count). The highest BCUT2D eigenvalue weighted by molar-refractivity contribution is 6.16. The average molecular weight is 510 g/mol. The van der Waals surface area contributed by atoms with Crippen molar-refractivity contribution in [3.8, 4) is 11.1 Å². The van der Waals surface area contributed by atoms with Crippen LogP contribution in [0.5, 0.6) is 0 Å². The van der Waals surface area contributed by atoms with Crippen molar-refractivity contribution in [2.45, 2.75) is 19.4 Å². The van der Waals surface area contributed by atoms with Gasteiger partial charge in [0.15, 0.2) is 12.4 Å². The Bertz CT molecular complexity index is 1420. The molecule has 0 fully saturated rings. The Morgan fingerprint density at radius 2 is 1.46 bits per heavy atom. The molecule has 0 radical (unpaired) electrons. The van der Waals surface area contributed by atoms with E-state index in [0.29, 0.717) is 28.4 Å². The summed E-state index contributed by atoms with van der Waals surface area (Å²) in [6.07, 6.45) is 6.55. The van der Waals surface area contributed by atoms with Crippen molar-refractivity contribution >= 4 is 34.9 Å². The third kappa shape index (κ3) is 6.78. The predicted octanol–water partition coefficient (Wildman–Crippen LogP) is 3.82. The number of aryl methyl sites for hydroxylation is 1. The second-order valence-corrected chi connectivity index (χ2v) is 7.37. The molecule has 0 aliphatic rings. The summed E-state index contributed by atoms with van der Waals surface area (Å²) in [5.74, 6) is 1.52. The molecule has 0 N–H and O–H groups in total. The van der Waals surface area contributed by atoms with Crippen LogP contribution >= 0.6 is 24.0 Å². The van der Waals surface area contributed by atoms with E-state index in [1.165, 1.54) is 5.56 Å². The zero-order valence-corrected chi connectivity index (χ0v) is 20.2. The third-order valence-electron chi connectivity index (χ3n) is 4.69. The molecule has 3 aromatic heterocycles. The molecule has 2 aromatic carbocycles. The standard InChI is InChI=1S/C19H15N5O2.C5H5ClN2.ClH/c1-13-3-5-14(6-4-13)15-7-8-17-16(11-15)19(25)24(23-22-17)26-12-18-20-9-2-10-21-18;6-4-5-7-2-1-3-8-5;/h2-11H,12H2,1H3;1-3H,4H2;1H. The van der Waals surface area contributed by atoms with Gasteiger partial charge in [0, 0.05) is 24.8 Å². The number of rotatable bonds is 5. The van der Waals surface area contributed by atoms with E-state index in [2.05, 4.69) is 30.2 Å². The molecule has 0 atom stereocenters. The molecule has 0 aliphatic heterocycles. The van der Waals surface area contributed by atoms with E-state index in [9.17, 15) is 4.79 Å². The number of hydrogen-bond donors (Lipinski definition) is 0. The molecular formula is C24H21Cl2N7O2. The van der Waals surface area contributed by atoms with Crippen molar-refractivity contribution < 1.29 is 4.84 Å². The van der Waals surface area contributed by atoms with E-state index in [0.717, 1.165) is 16.0 Å². The Kier molecular flexibility index (Phi) is 9.16. The lowest BCUT2D eigenvalue weighted by Crippen LogP contribution is -2.30. The summed E-state index contributed by atoms with van der Waals surface area (Å²) in [5, 5.41) is 8.30. The van der Waals surface area contributed by atoms with Crippen LogP contribution in [0.25, 0.3) is 22.0 Å². The lowest BCUT2D eigenvalue weighted by Gasteiger charge is -2.07. The van der Waals surface area contributed by atoms with Crippen LogP contribution in [0.1, 0.15) is 17.2 Å². The number of alkyl halides is 1. The summed E-state index contributed by atoms with van der Waals surface area (Å²) in [4.78, 5) is 34.8. The number of nitrogens with zero attached hydrogens (tertiary/aromatic N) is 7. The maximum absolute atomic E-state index is 12.7. The fourth-order valence-electron chi connectivity index (χ4n) is 2.96. The summed E-state index contributed by atoms with van der Waals surface area (Å²) < 4.78 is 0. The largest absolute Gasteiger partial charge is 0.384 e. The van der Waals surface area contributed by atoms with Crippen LogP contribution in [0.2, 0.25) is 0 Å². The quantitative estimate of drug-likeness (QED) is 0.329.